The molecule has 0 aliphatic carbocycles. The molecular weight excluding hydrogens is 411 g/mol. The summed E-state index contributed by atoms with van der Waals surface area (Å²) in [5.74, 6) is -0.722. The monoisotopic (exact) mass is 430 g/mol. The first-order valence-electron chi connectivity index (χ1n) is 8.99. The average molecular weight is 430 g/mol. The van der Waals surface area contributed by atoms with Crippen LogP contribution in [0.3, 0.4) is 0 Å². The molecule has 8 nitrogen and oxygen atoms in total. The Morgan fingerprint density at radius 3 is 2.57 bits per heavy atom. The summed E-state index contributed by atoms with van der Waals surface area (Å²) in [6.07, 6.45) is 1.14. The highest BCUT2D eigenvalue weighted by atomic mass is 32.2. The molecule has 3 aromatic rings. The highest BCUT2D eigenvalue weighted by Crippen LogP contribution is 2.26. The van der Waals surface area contributed by atoms with E-state index in [-0.39, 0.29) is 11.3 Å². The minimum atomic E-state index is -3.87. The Kier molecular flexibility index (Phi) is 6.09. The van der Waals surface area contributed by atoms with Gasteiger partial charge in [-0.15, -0.1) is 0 Å². The lowest BCUT2D eigenvalue weighted by atomic mass is 10.1. The molecule has 1 heterocycles. The summed E-state index contributed by atoms with van der Waals surface area (Å²) < 4.78 is 46.4. The summed E-state index contributed by atoms with van der Waals surface area (Å²) in [5.41, 5.74) is 7.15. The molecular formula is C20H19FN4O4S. The van der Waals surface area contributed by atoms with Gasteiger partial charge in [-0.2, -0.15) is 0 Å². The number of benzene rings is 2. The van der Waals surface area contributed by atoms with E-state index < -0.39 is 34.8 Å². The second-order valence-electron chi connectivity index (χ2n) is 6.93. The number of fused-ring (bicyclic) bond motifs is 1. The maximum absolute atomic E-state index is 14.2. The van der Waals surface area contributed by atoms with Crippen molar-refractivity contribution in [2.75, 3.05) is 13.2 Å². The number of hydrogen-bond donors (Lipinski definition) is 0. The van der Waals surface area contributed by atoms with E-state index in [1.54, 1.807) is 42.5 Å². The molecule has 10 heteroatoms. The SMILES string of the molecule is CC(F)(CN=[N+]=[N-])COC(=O)Cc1cn(S(=O)(=O)c2ccccc2)c2ccccc12. The molecule has 0 saturated carbocycles. The fourth-order valence-electron chi connectivity index (χ4n) is 2.93. The molecule has 3 rings (SSSR count). The quantitative estimate of drug-likeness (QED) is 0.232. The van der Waals surface area contributed by atoms with Crippen molar-refractivity contribution in [3.63, 3.8) is 0 Å². The van der Waals surface area contributed by atoms with Gasteiger partial charge in [0.05, 0.1) is 23.4 Å². The third-order valence-corrected chi connectivity index (χ3v) is 6.08. The number of carbonyl (C=O) groups is 1. The number of halogens is 1. The average Bonchev–Trinajstić information content (AvgIpc) is 3.11. The van der Waals surface area contributed by atoms with Gasteiger partial charge in [-0.25, -0.2) is 16.8 Å². The molecule has 0 bridgehead atoms. The van der Waals surface area contributed by atoms with E-state index >= 15 is 0 Å². The minimum absolute atomic E-state index is 0.117. The van der Waals surface area contributed by atoms with Gasteiger partial charge in [-0.3, -0.25) is 4.79 Å². The van der Waals surface area contributed by atoms with E-state index in [0.29, 0.717) is 16.5 Å². The Hall–Kier alpha value is -3.36. The minimum Gasteiger partial charge on any atom is -0.462 e. The van der Waals surface area contributed by atoms with Crippen LogP contribution in [-0.4, -0.2) is 37.2 Å². The molecule has 2 aromatic carbocycles. The normalized spacial score (nSPS) is 13.4. The van der Waals surface area contributed by atoms with Gasteiger partial charge in [0.1, 0.15) is 12.3 Å². The van der Waals surface area contributed by atoms with Crippen LogP contribution in [0.4, 0.5) is 4.39 Å². The van der Waals surface area contributed by atoms with Crippen LogP contribution in [0.5, 0.6) is 0 Å². The first kappa shape index (κ1) is 21.4. The third-order valence-electron chi connectivity index (χ3n) is 4.39. The van der Waals surface area contributed by atoms with Crippen LogP contribution < -0.4 is 0 Å². The topological polar surface area (TPSA) is 114 Å². The van der Waals surface area contributed by atoms with Gasteiger partial charge < -0.3 is 4.74 Å². The van der Waals surface area contributed by atoms with E-state index in [2.05, 4.69) is 10.0 Å². The predicted molar refractivity (Wildman–Crippen MR) is 109 cm³/mol. The fourth-order valence-corrected chi connectivity index (χ4v) is 4.34. The molecule has 0 amide bonds. The predicted octanol–water partition coefficient (Wildman–Crippen LogP) is 4.00. The van der Waals surface area contributed by atoms with Crippen LogP contribution >= 0.6 is 0 Å². The van der Waals surface area contributed by atoms with E-state index in [4.69, 9.17) is 10.3 Å². The van der Waals surface area contributed by atoms with Crippen LogP contribution in [0, 0.1) is 0 Å². The zero-order valence-corrected chi connectivity index (χ0v) is 16.9. The molecule has 156 valence electrons. The van der Waals surface area contributed by atoms with Crippen LogP contribution in [0.25, 0.3) is 21.3 Å². The highest BCUT2D eigenvalue weighted by Gasteiger charge is 2.26. The van der Waals surface area contributed by atoms with Crippen molar-refractivity contribution in [3.8, 4) is 0 Å². The lowest BCUT2D eigenvalue weighted by molar-refractivity contribution is -0.146. The molecule has 1 atom stereocenters. The largest absolute Gasteiger partial charge is 0.462 e. The lowest BCUT2D eigenvalue weighted by Gasteiger charge is -2.17. The number of nitrogens with zero attached hydrogens (tertiary/aromatic N) is 4. The third kappa shape index (κ3) is 4.61. The second kappa shape index (κ2) is 8.56. The first-order chi connectivity index (χ1) is 14.2. The Balaban J connectivity index is 1.88. The second-order valence-corrected chi connectivity index (χ2v) is 8.74. The molecule has 0 radical (unpaired) electrons. The Morgan fingerprint density at radius 2 is 1.87 bits per heavy atom. The van der Waals surface area contributed by atoms with Gasteiger partial charge in [-0.05, 0) is 36.2 Å². The number of ether oxygens (including phenoxy) is 1. The zero-order chi connectivity index (χ0) is 21.8. The van der Waals surface area contributed by atoms with E-state index in [1.807, 2.05) is 0 Å². The van der Waals surface area contributed by atoms with Gasteiger partial charge in [0, 0.05) is 16.5 Å². The molecule has 0 fully saturated rings. The maximum atomic E-state index is 14.2. The molecule has 30 heavy (non-hydrogen) atoms. The Bertz CT molecular complexity index is 1220. The van der Waals surface area contributed by atoms with Crippen LogP contribution in [0.1, 0.15) is 12.5 Å². The Labute approximate surface area is 172 Å². The van der Waals surface area contributed by atoms with Gasteiger partial charge >= 0.3 is 5.97 Å². The summed E-state index contributed by atoms with van der Waals surface area (Å²) >= 11 is 0. The van der Waals surface area contributed by atoms with Gasteiger partial charge in [-0.1, -0.05) is 41.5 Å². The molecule has 1 aromatic heterocycles. The van der Waals surface area contributed by atoms with E-state index in [0.717, 1.165) is 10.9 Å². The van der Waals surface area contributed by atoms with Gasteiger partial charge in [0.25, 0.3) is 10.0 Å². The van der Waals surface area contributed by atoms with Crippen molar-refractivity contribution >= 4 is 26.9 Å². The Morgan fingerprint density at radius 1 is 1.20 bits per heavy atom. The van der Waals surface area contributed by atoms with Crippen LogP contribution in [-0.2, 0) is 26.0 Å². The number of rotatable bonds is 8. The molecule has 0 aliphatic rings. The van der Waals surface area contributed by atoms with Gasteiger partial charge in [0.15, 0.2) is 0 Å². The maximum Gasteiger partial charge on any atom is 0.310 e. The first-order valence-corrected chi connectivity index (χ1v) is 10.4. The molecule has 0 N–H and O–H groups in total. The van der Waals surface area contributed by atoms with Crippen LogP contribution in [0.2, 0.25) is 0 Å². The number of azide groups is 1. The number of esters is 1. The van der Waals surface area contributed by atoms with Gasteiger partial charge in [0.2, 0.25) is 0 Å². The fraction of sp³-hybridized carbons (Fsp3) is 0.250. The van der Waals surface area contributed by atoms with Crippen molar-refractivity contribution in [2.24, 2.45) is 5.11 Å². The van der Waals surface area contributed by atoms with Crippen molar-refractivity contribution in [3.05, 3.63) is 76.8 Å². The van der Waals surface area contributed by atoms with Crippen molar-refractivity contribution in [1.82, 2.24) is 3.97 Å². The van der Waals surface area contributed by atoms with Crippen molar-refractivity contribution in [2.45, 2.75) is 23.9 Å². The van der Waals surface area contributed by atoms with Crippen molar-refractivity contribution in [1.29, 1.82) is 0 Å². The van der Waals surface area contributed by atoms with E-state index in [9.17, 15) is 17.6 Å². The smallest absolute Gasteiger partial charge is 0.310 e. The van der Waals surface area contributed by atoms with Crippen LogP contribution in [0.15, 0.2) is 70.8 Å². The molecule has 0 saturated heterocycles. The standard InChI is InChI=1S/C20H19FN4O4S/c1-20(21,13-23-24-22)14-29-19(26)11-15-12-25(18-10-6-5-9-17(15)18)30(27,28)16-7-3-2-4-8-16/h2-10,12H,11,13-14H2,1H3. The zero-order valence-electron chi connectivity index (χ0n) is 16.1. The highest BCUT2D eigenvalue weighted by molar-refractivity contribution is 7.90. The number of para-hydroxylation sites is 1. The number of aromatic nitrogens is 1. The van der Waals surface area contributed by atoms with Crippen molar-refractivity contribution < 1.29 is 22.3 Å². The summed E-state index contributed by atoms with van der Waals surface area (Å²) in [7, 11) is -3.87. The molecule has 0 spiro atoms. The number of alkyl halides is 1. The summed E-state index contributed by atoms with van der Waals surface area (Å²) in [5, 5.41) is 3.72. The lowest BCUT2D eigenvalue weighted by Crippen LogP contribution is -2.30. The van der Waals surface area contributed by atoms with E-state index in [1.165, 1.54) is 18.3 Å². The summed E-state index contributed by atoms with van der Waals surface area (Å²) in [6.45, 7) is 0.116. The number of hydrogen-bond acceptors (Lipinski definition) is 5. The molecule has 0 aliphatic heterocycles. The number of carbonyl (C=O) groups excluding carboxylic acids is 1. The summed E-state index contributed by atoms with van der Waals surface area (Å²) in [6, 6.07) is 14.7. The molecule has 1 unspecified atom stereocenters. The summed E-state index contributed by atoms with van der Waals surface area (Å²) in [4.78, 5) is 14.9.